The molecule has 0 fully saturated rings. The highest BCUT2D eigenvalue weighted by Gasteiger charge is 2.20. The number of aromatic nitrogens is 4. The van der Waals surface area contributed by atoms with E-state index < -0.39 is 0 Å². The molecule has 0 saturated heterocycles. The minimum absolute atomic E-state index is 0.0321. The number of rotatable bonds is 2. The molecule has 0 unspecified atom stereocenters. The van der Waals surface area contributed by atoms with E-state index in [4.69, 9.17) is 0 Å². The fourth-order valence-corrected chi connectivity index (χ4v) is 3.36. The maximum atomic E-state index is 11.5. The van der Waals surface area contributed by atoms with Gasteiger partial charge in [-0.2, -0.15) is 0 Å². The molecule has 5 rings (SSSR count). The molecule has 0 saturated carbocycles. The summed E-state index contributed by atoms with van der Waals surface area (Å²) in [6.07, 6.45) is 5.08. The predicted octanol–water partition coefficient (Wildman–Crippen LogP) is 4.01. The molecule has 0 aliphatic rings. The van der Waals surface area contributed by atoms with Crippen LogP contribution in [-0.2, 0) is 0 Å². The first-order valence-corrected chi connectivity index (χ1v) is 7.98. The van der Waals surface area contributed by atoms with Crippen LogP contribution in [0.4, 0.5) is 5.69 Å². The van der Waals surface area contributed by atoms with Gasteiger partial charge in [-0.15, -0.1) is 0 Å². The van der Waals surface area contributed by atoms with E-state index in [1.807, 2.05) is 28.7 Å². The average Bonchev–Trinajstić information content (AvgIpc) is 3.13. The number of benzene rings is 1. The van der Waals surface area contributed by atoms with Crippen LogP contribution >= 0.6 is 0 Å². The second-order valence-corrected chi connectivity index (χ2v) is 5.85. The van der Waals surface area contributed by atoms with E-state index in [1.54, 1.807) is 36.8 Å². The lowest BCUT2D eigenvalue weighted by Gasteiger charge is -2.09. The van der Waals surface area contributed by atoms with Crippen molar-refractivity contribution >= 4 is 33.3 Å². The molecule has 26 heavy (non-hydrogen) atoms. The first-order chi connectivity index (χ1) is 12.8. The third kappa shape index (κ3) is 1.91. The van der Waals surface area contributed by atoms with Gasteiger partial charge in [0, 0.05) is 29.2 Å². The second-order valence-electron chi connectivity index (χ2n) is 5.85. The number of nitro benzene ring substituents is 1. The van der Waals surface area contributed by atoms with E-state index in [0.717, 1.165) is 16.3 Å². The summed E-state index contributed by atoms with van der Waals surface area (Å²) >= 11 is 0. The molecule has 0 aliphatic heterocycles. The summed E-state index contributed by atoms with van der Waals surface area (Å²) in [5, 5.41) is 13.2. The van der Waals surface area contributed by atoms with Crippen LogP contribution in [-0.4, -0.2) is 24.3 Å². The Morgan fingerprint density at radius 2 is 1.54 bits per heavy atom. The van der Waals surface area contributed by atoms with E-state index in [-0.39, 0.29) is 10.6 Å². The van der Waals surface area contributed by atoms with Crippen LogP contribution in [0.25, 0.3) is 38.8 Å². The quantitative estimate of drug-likeness (QED) is 0.275. The van der Waals surface area contributed by atoms with Crippen molar-refractivity contribution in [3.05, 3.63) is 77.2 Å². The molecule has 0 bridgehead atoms. The summed E-state index contributed by atoms with van der Waals surface area (Å²) in [6, 6.07) is 14.2. The molecule has 4 aromatic heterocycles. The van der Waals surface area contributed by atoms with Crippen LogP contribution in [0.2, 0.25) is 0 Å². The molecule has 0 aliphatic carbocycles. The van der Waals surface area contributed by atoms with E-state index in [2.05, 4.69) is 15.0 Å². The predicted molar refractivity (Wildman–Crippen MR) is 97.9 cm³/mol. The molecule has 0 N–H and O–H groups in total. The van der Waals surface area contributed by atoms with Crippen molar-refractivity contribution in [2.75, 3.05) is 0 Å². The van der Waals surface area contributed by atoms with Crippen molar-refractivity contribution in [1.82, 2.24) is 19.4 Å². The normalized spacial score (nSPS) is 11.4. The van der Waals surface area contributed by atoms with E-state index in [0.29, 0.717) is 22.6 Å². The van der Waals surface area contributed by atoms with Crippen LogP contribution in [0, 0.1) is 10.1 Å². The number of imidazole rings is 1. The molecular weight excluding hydrogens is 330 g/mol. The van der Waals surface area contributed by atoms with Crippen LogP contribution in [0.1, 0.15) is 0 Å². The number of nitrogens with zero attached hydrogens (tertiary/aromatic N) is 5. The lowest BCUT2D eigenvalue weighted by atomic mass is 10.1. The van der Waals surface area contributed by atoms with E-state index in [1.165, 1.54) is 6.07 Å². The van der Waals surface area contributed by atoms with Gasteiger partial charge in [0.2, 0.25) is 0 Å². The third-order valence-electron chi connectivity index (χ3n) is 4.44. The van der Waals surface area contributed by atoms with Gasteiger partial charge in [-0.25, -0.2) is 9.97 Å². The summed E-state index contributed by atoms with van der Waals surface area (Å²) in [7, 11) is 0. The zero-order valence-corrected chi connectivity index (χ0v) is 13.4. The third-order valence-corrected chi connectivity index (χ3v) is 4.44. The van der Waals surface area contributed by atoms with E-state index in [9.17, 15) is 10.1 Å². The molecule has 0 radical (unpaired) electrons. The molecule has 5 aromatic rings. The molecule has 0 atom stereocenters. The molecule has 0 spiro atoms. The molecule has 7 nitrogen and oxygen atoms in total. The van der Waals surface area contributed by atoms with Crippen molar-refractivity contribution in [2.45, 2.75) is 0 Å². The molecule has 1 aromatic carbocycles. The minimum Gasteiger partial charge on any atom is -0.275 e. The van der Waals surface area contributed by atoms with Gasteiger partial charge in [-0.1, -0.05) is 12.1 Å². The van der Waals surface area contributed by atoms with Crippen molar-refractivity contribution in [3.63, 3.8) is 0 Å². The molecule has 0 amide bonds. The van der Waals surface area contributed by atoms with Gasteiger partial charge in [-0.05, 0) is 30.3 Å². The summed E-state index contributed by atoms with van der Waals surface area (Å²) in [5.41, 5.74) is 3.31. The number of pyridine rings is 3. The van der Waals surface area contributed by atoms with Gasteiger partial charge in [0.05, 0.1) is 27.9 Å². The topological polar surface area (TPSA) is 86.2 Å². The van der Waals surface area contributed by atoms with Crippen molar-refractivity contribution < 1.29 is 4.92 Å². The lowest BCUT2D eigenvalue weighted by Crippen LogP contribution is -1.98. The second kappa shape index (κ2) is 5.32. The molecule has 124 valence electrons. The first kappa shape index (κ1) is 14.5. The SMILES string of the molecule is O=[N+]([O-])c1ccccc1-c1cnc2c3cccnc3c3cccnc3n12. The Hall–Kier alpha value is -3.87. The highest BCUT2D eigenvalue weighted by molar-refractivity contribution is 6.09. The van der Waals surface area contributed by atoms with Crippen LogP contribution in [0.3, 0.4) is 0 Å². The Balaban J connectivity index is 2.01. The van der Waals surface area contributed by atoms with Gasteiger partial charge in [0.15, 0.2) is 0 Å². The van der Waals surface area contributed by atoms with Crippen LogP contribution in [0.5, 0.6) is 0 Å². The van der Waals surface area contributed by atoms with Gasteiger partial charge >= 0.3 is 0 Å². The van der Waals surface area contributed by atoms with Crippen molar-refractivity contribution in [1.29, 1.82) is 0 Å². The maximum Gasteiger partial charge on any atom is 0.278 e. The van der Waals surface area contributed by atoms with E-state index >= 15 is 0 Å². The summed E-state index contributed by atoms with van der Waals surface area (Å²) in [5.74, 6) is 0. The standard InChI is InChI=1S/C19H11N5O2/c25-24(26)15-8-2-1-5-12(15)16-11-22-19-14-6-3-9-20-17(14)13-7-4-10-21-18(13)23(16)19/h1-11H. The summed E-state index contributed by atoms with van der Waals surface area (Å²) in [6.45, 7) is 0. The van der Waals surface area contributed by atoms with Gasteiger partial charge in [0.25, 0.3) is 5.69 Å². The Morgan fingerprint density at radius 3 is 2.31 bits per heavy atom. The smallest absolute Gasteiger partial charge is 0.275 e. The number of hydrogen-bond donors (Lipinski definition) is 0. The highest BCUT2D eigenvalue weighted by Crippen LogP contribution is 2.34. The van der Waals surface area contributed by atoms with Crippen molar-refractivity contribution in [2.24, 2.45) is 0 Å². The lowest BCUT2D eigenvalue weighted by molar-refractivity contribution is -0.384. The van der Waals surface area contributed by atoms with Gasteiger partial charge in [-0.3, -0.25) is 19.5 Å². The van der Waals surface area contributed by atoms with Gasteiger partial charge < -0.3 is 0 Å². The van der Waals surface area contributed by atoms with Crippen molar-refractivity contribution in [3.8, 4) is 11.3 Å². The number of fused-ring (bicyclic) bond motifs is 6. The highest BCUT2D eigenvalue weighted by atomic mass is 16.6. The Labute approximate surface area is 146 Å². The zero-order valence-electron chi connectivity index (χ0n) is 13.4. The summed E-state index contributed by atoms with van der Waals surface area (Å²) < 4.78 is 1.86. The first-order valence-electron chi connectivity index (χ1n) is 7.98. The van der Waals surface area contributed by atoms with Crippen LogP contribution < -0.4 is 0 Å². The zero-order chi connectivity index (χ0) is 17.7. The maximum absolute atomic E-state index is 11.5. The molecular formula is C19H11N5O2. The number of nitro groups is 1. The van der Waals surface area contributed by atoms with Crippen LogP contribution in [0.15, 0.2) is 67.1 Å². The monoisotopic (exact) mass is 341 g/mol. The fourth-order valence-electron chi connectivity index (χ4n) is 3.36. The Bertz CT molecular complexity index is 1330. The number of para-hydroxylation sites is 1. The Kier molecular flexibility index (Phi) is 2.96. The largest absolute Gasteiger partial charge is 0.278 e. The fraction of sp³-hybridized carbons (Fsp3) is 0. The minimum atomic E-state index is -0.382. The molecule has 4 heterocycles. The molecule has 7 heteroatoms. The Morgan fingerprint density at radius 1 is 0.846 bits per heavy atom. The number of hydrogen-bond acceptors (Lipinski definition) is 5. The average molecular weight is 341 g/mol. The summed E-state index contributed by atoms with van der Waals surface area (Å²) in [4.78, 5) is 24.6. The van der Waals surface area contributed by atoms with Gasteiger partial charge in [0.1, 0.15) is 11.3 Å².